The third-order valence-electron chi connectivity index (χ3n) is 8.30. The fraction of sp³-hybridized carbons (Fsp3) is 0.545. The molecule has 0 aliphatic carbocycles. The number of amides is 2. The number of esters is 1. The Kier molecular flexibility index (Phi) is 11.5. The highest BCUT2D eigenvalue weighted by atomic mass is 32.2. The molecule has 2 aromatic heterocycles. The van der Waals surface area contributed by atoms with Crippen molar-refractivity contribution in [3.8, 4) is 5.75 Å². The average molecular weight is 721 g/mol. The Labute approximate surface area is 290 Å². The molecule has 0 radical (unpaired) electrons. The first-order valence-corrected chi connectivity index (χ1v) is 17.9. The number of likely N-dealkylation sites (N-methyl/N-ethyl adjacent to an activating group) is 1. The van der Waals surface area contributed by atoms with Crippen molar-refractivity contribution >= 4 is 44.7 Å². The number of nitrogens with one attached hydrogen (secondary N) is 1. The quantitative estimate of drug-likeness (QED) is 0.203. The standard InChI is InChI=1S/C33H45FN6O9S/c1-9-38-18-20(2)40-25-24(27(47-7)26(40)30(38)42)29(41)39(19-21-13-14-22(34)17-23(21)31(43)48-8)36-28(25)37(6)50(45,46)16-12-10-11-15-35-32(44)49-33(3,4)5/h13-14,17,20H,9-12,15-16,18-19H2,1-8H3,(H,35,44)/t20-/m0/s1. The molecule has 0 fully saturated rings. The molecule has 1 aliphatic heterocycles. The molecule has 2 amide bonds. The molecule has 0 spiro atoms. The molecular formula is C33H45FN6O9S. The summed E-state index contributed by atoms with van der Waals surface area (Å²) < 4.78 is 61.1. The van der Waals surface area contributed by atoms with E-state index in [1.54, 1.807) is 30.2 Å². The summed E-state index contributed by atoms with van der Waals surface area (Å²) in [6.07, 6.45) is 0.663. The average Bonchev–Trinajstić information content (AvgIpc) is 3.41. The predicted octanol–water partition coefficient (Wildman–Crippen LogP) is 3.68. The SMILES string of the molecule is CCN1C[C@H](C)n2c(c(OC)c3c(=O)n(Cc4ccc(F)cc4C(=O)OC)nc(N(C)S(=O)(=O)CCCCCNC(=O)OC(C)(C)C)c32)C1=O. The van der Waals surface area contributed by atoms with Crippen molar-refractivity contribution in [2.24, 2.45) is 0 Å². The van der Waals surface area contributed by atoms with E-state index in [2.05, 4.69) is 10.4 Å². The number of methoxy groups -OCH3 is 2. The number of fused-ring (bicyclic) bond motifs is 3. The predicted molar refractivity (Wildman–Crippen MR) is 184 cm³/mol. The van der Waals surface area contributed by atoms with E-state index in [1.165, 1.54) is 20.2 Å². The zero-order valence-electron chi connectivity index (χ0n) is 29.7. The van der Waals surface area contributed by atoms with Crippen LogP contribution in [0.15, 0.2) is 23.0 Å². The third-order valence-corrected chi connectivity index (χ3v) is 10.1. The Balaban J connectivity index is 1.78. The van der Waals surface area contributed by atoms with Gasteiger partial charge < -0.3 is 29.0 Å². The second kappa shape index (κ2) is 15.1. The molecule has 274 valence electrons. The lowest BCUT2D eigenvalue weighted by Crippen LogP contribution is -2.42. The molecule has 4 rings (SSSR count). The van der Waals surface area contributed by atoms with Crippen molar-refractivity contribution in [1.29, 1.82) is 0 Å². The number of benzene rings is 1. The monoisotopic (exact) mass is 720 g/mol. The van der Waals surface area contributed by atoms with Crippen LogP contribution in [0.4, 0.5) is 15.0 Å². The molecule has 50 heavy (non-hydrogen) atoms. The molecule has 0 bridgehead atoms. The van der Waals surface area contributed by atoms with Crippen molar-refractivity contribution < 1.29 is 41.4 Å². The summed E-state index contributed by atoms with van der Waals surface area (Å²) >= 11 is 0. The van der Waals surface area contributed by atoms with Crippen LogP contribution >= 0.6 is 0 Å². The van der Waals surface area contributed by atoms with Gasteiger partial charge in [0.25, 0.3) is 11.5 Å². The van der Waals surface area contributed by atoms with E-state index in [-0.39, 0.29) is 64.1 Å². The molecule has 1 atom stereocenters. The van der Waals surface area contributed by atoms with E-state index in [9.17, 15) is 32.0 Å². The van der Waals surface area contributed by atoms with Gasteiger partial charge >= 0.3 is 12.1 Å². The number of unbranched alkanes of at least 4 members (excludes halogenated alkanes) is 2. The van der Waals surface area contributed by atoms with Gasteiger partial charge in [0, 0.05) is 32.7 Å². The number of rotatable bonds is 13. The van der Waals surface area contributed by atoms with Crippen molar-refractivity contribution in [2.75, 3.05) is 51.0 Å². The molecule has 1 N–H and O–H groups in total. The second-order valence-electron chi connectivity index (χ2n) is 13.0. The van der Waals surface area contributed by atoms with Crippen LogP contribution in [0.1, 0.15) is 86.3 Å². The topological polar surface area (TPSA) is 171 Å². The normalized spacial score (nSPS) is 14.8. The maximum atomic E-state index is 14.2. The van der Waals surface area contributed by atoms with Gasteiger partial charge in [-0.15, -0.1) is 5.10 Å². The number of alkyl carbamates (subject to hydrolysis) is 1. The van der Waals surface area contributed by atoms with Crippen LogP contribution in [-0.2, 0) is 26.0 Å². The molecule has 3 heterocycles. The first-order valence-electron chi connectivity index (χ1n) is 16.3. The van der Waals surface area contributed by atoms with Gasteiger partial charge in [0.05, 0.1) is 32.1 Å². The van der Waals surface area contributed by atoms with Crippen molar-refractivity contribution in [1.82, 2.24) is 24.6 Å². The highest BCUT2D eigenvalue weighted by Crippen LogP contribution is 2.41. The third kappa shape index (κ3) is 7.87. The lowest BCUT2D eigenvalue weighted by molar-refractivity contribution is 0.0525. The summed E-state index contributed by atoms with van der Waals surface area (Å²) in [5.41, 5.74) is -1.12. The molecule has 15 nitrogen and oxygen atoms in total. The lowest BCUT2D eigenvalue weighted by atomic mass is 10.1. The Morgan fingerprint density at radius 3 is 2.46 bits per heavy atom. The minimum absolute atomic E-state index is 0.0343. The first kappa shape index (κ1) is 38.1. The van der Waals surface area contributed by atoms with Gasteiger partial charge in [-0.05, 0) is 65.2 Å². The van der Waals surface area contributed by atoms with E-state index in [1.807, 2.05) is 13.8 Å². The van der Waals surface area contributed by atoms with Gasteiger partial charge in [-0.25, -0.2) is 27.1 Å². The summed E-state index contributed by atoms with van der Waals surface area (Å²) in [5, 5.41) is 7.09. The van der Waals surface area contributed by atoms with Crippen LogP contribution in [0.5, 0.6) is 5.75 Å². The number of hydrogen-bond acceptors (Lipinski definition) is 10. The van der Waals surface area contributed by atoms with Gasteiger partial charge in [0.2, 0.25) is 10.0 Å². The Hall–Kier alpha value is -4.67. The van der Waals surface area contributed by atoms with E-state index in [0.29, 0.717) is 32.5 Å². The molecule has 1 aromatic carbocycles. The second-order valence-corrected chi connectivity index (χ2v) is 15.1. The van der Waals surface area contributed by atoms with Crippen LogP contribution < -0.4 is 19.9 Å². The molecule has 0 unspecified atom stereocenters. The van der Waals surface area contributed by atoms with Crippen molar-refractivity contribution in [3.05, 3.63) is 51.2 Å². The minimum Gasteiger partial charge on any atom is -0.493 e. The number of anilines is 1. The number of aromatic nitrogens is 3. The maximum absolute atomic E-state index is 14.2. The summed E-state index contributed by atoms with van der Waals surface area (Å²) in [4.78, 5) is 53.9. The van der Waals surface area contributed by atoms with Crippen molar-refractivity contribution in [2.45, 2.75) is 72.1 Å². The number of sulfonamides is 1. The van der Waals surface area contributed by atoms with E-state index in [0.717, 1.165) is 28.2 Å². The number of carbonyl (C=O) groups excluding carboxylic acids is 3. The minimum atomic E-state index is -4.07. The fourth-order valence-corrected chi connectivity index (χ4v) is 7.12. The van der Waals surface area contributed by atoms with Crippen LogP contribution in [-0.4, -0.2) is 97.9 Å². The smallest absolute Gasteiger partial charge is 0.407 e. The van der Waals surface area contributed by atoms with Gasteiger partial charge in [0.15, 0.2) is 17.3 Å². The molecule has 17 heteroatoms. The van der Waals surface area contributed by atoms with Gasteiger partial charge in [0.1, 0.15) is 22.3 Å². The van der Waals surface area contributed by atoms with Crippen molar-refractivity contribution in [3.63, 3.8) is 0 Å². The van der Waals surface area contributed by atoms with Crippen LogP contribution in [0.2, 0.25) is 0 Å². The molecule has 1 aliphatic rings. The Morgan fingerprint density at radius 2 is 1.84 bits per heavy atom. The first-order chi connectivity index (χ1) is 23.4. The zero-order chi connectivity index (χ0) is 37.1. The highest BCUT2D eigenvalue weighted by Gasteiger charge is 2.39. The zero-order valence-corrected chi connectivity index (χ0v) is 30.5. The van der Waals surface area contributed by atoms with Crippen LogP contribution in [0.25, 0.3) is 10.9 Å². The Morgan fingerprint density at radius 1 is 1.14 bits per heavy atom. The molecule has 0 saturated carbocycles. The number of hydrogen-bond donors (Lipinski definition) is 1. The van der Waals surface area contributed by atoms with E-state index in [4.69, 9.17) is 14.2 Å². The summed E-state index contributed by atoms with van der Waals surface area (Å²) in [6, 6.07) is 3.01. The number of carbonyl (C=O) groups is 3. The summed E-state index contributed by atoms with van der Waals surface area (Å²) in [7, 11) is -0.301. The number of halogens is 1. The summed E-state index contributed by atoms with van der Waals surface area (Å²) in [5.74, 6) is -2.40. The van der Waals surface area contributed by atoms with Crippen LogP contribution in [0.3, 0.4) is 0 Å². The molecule has 3 aromatic rings. The van der Waals surface area contributed by atoms with Gasteiger partial charge in [-0.2, -0.15) is 0 Å². The maximum Gasteiger partial charge on any atom is 0.407 e. The van der Waals surface area contributed by atoms with E-state index >= 15 is 0 Å². The van der Waals surface area contributed by atoms with Gasteiger partial charge in [-0.1, -0.05) is 12.5 Å². The molecular weight excluding hydrogens is 675 g/mol. The summed E-state index contributed by atoms with van der Waals surface area (Å²) in [6.45, 7) is 9.55. The van der Waals surface area contributed by atoms with Crippen LogP contribution in [0, 0.1) is 5.82 Å². The fourth-order valence-electron chi connectivity index (χ4n) is 5.89. The number of nitrogens with zero attached hydrogens (tertiary/aromatic N) is 5. The lowest BCUT2D eigenvalue weighted by Gasteiger charge is -2.33. The Bertz CT molecular complexity index is 1950. The van der Waals surface area contributed by atoms with Gasteiger partial charge in [-0.3, -0.25) is 13.9 Å². The largest absolute Gasteiger partial charge is 0.493 e. The number of ether oxygens (including phenoxy) is 3. The van der Waals surface area contributed by atoms with E-state index < -0.39 is 45.0 Å². The molecule has 0 saturated heterocycles. The highest BCUT2D eigenvalue weighted by molar-refractivity contribution is 7.92.